The van der Waals surface area contributed by atoms with Gasteiger partial charge in [0.2, 0.25) is 0 Å². The largest absolute Gasteiger partial charge is 0.389 e. The minimum Gasteiger partial charge on any atom is -0.389 e. The Morgan fingerprint density at radius 3 is 2.76 bits per heavy atom. The average Bonchev–Trinajstić information content (AvgIpc) is 3.24. The molecule has 0 bridgehead atoms. The minimum absolute atomic E-state index is 0.159. The first-order chi connectivity index (χ1) is 9.97. The lowest BCUT2D eigenvalue weighted by molar-refractivity contribution is 0.0321. The summed E-state index contributed by atoms with van der Waals surface area (Å²) in [5.41, 5.74) is 2.49. The van der Waals surface area contributed by atoms with Crippen LogP contribution < -0.4 is 5.32 Å². The van der Waals surface area contributed by atoms with E-state index in [0.717, 1.165) is 11.1 Å². The first-order valence-electron chi connectivity index (χ1n) is 7.28. The molecule has 1 aromatic carbocycles. The molecule has 2 rings (SSSR count). The first kappa shape index (κ1) is 16.3. The molecule has 116 valence electrons. The number of benzene rings is 1. The number of aliphatic hydroxyl groups is 1. The lowest BCUT2D eigenvalue weighted by atomic mass is 10.1. The van der Waals surface area contributed by atoms with Crippen LogP contribution in [0.2, 0.25) is 5.02 Å². The maximum atomic E-state index is 12.1. The molecule has 1 atom stereocenters. The molecule has 2 N–H and O–H groups in total. The monoisotopic (exact) mass is 311 g/mol. The van der Waals surface area contributed by atoms with E-state index < -0.39 is 6.10 Å². The van der Waals surface area contributed by atoms with Crippen molar-refractivity contribution in [3.05, 3.63) is 33.8 Å². The number of nitrogens with one attached hydrogen (secondary N) is 1. The lowest BCUT2D eigenvalue weighted by Crippen LogP contribution is -2.34. The molecule has 1 aliphatic rings. The van der Waals surface area contributed by atoms with Gasteiger partial charge in [0.05, 0.1) is 23.3 Å². The molecule has 1 aromatic rings. The Morgan fingerprint density at radius 2 is 2.10 bits per heavy atom. The Balaban J connectivity index is 1.79. The number of carbonyl (C=O) groups excluding carboxylic acids is 1. The molecule has 0 aliphatic heterocycles. The topological polar surface area (TPSA) is 58.6 Å². The zero-order valence-electron chi connectivity index (χ0n) is 12.5. The predicted molar refractivity (Wildman–Crippen MR) is 82.8 cm³/mol. The first-order valence-corrected chi connectivity index (χ1v) is 7.66. The number of hydrogen-bond donors (Lipinski definition) is 2. The molecule has 1 aliphatic carbocycles. The summed E-state index contributed by atoms with van der Waals surface area (Å²) in [5, 5.41) is 12.9. The Labute approximate surface area is 130 Å². The summed E-state index contributed by atoms with van der Waals surface area (Å²) < 4.78 is 5.39. The number of aliphatic hydroxyl groups excluding tert-OH is 1. The summed E-state index contributed by atoms with van der Waals surface area (Å²) in [5.74, 6) is 0.394. The van der Waals surface area contributed by atoms with Gasteiger partial charge in [-0.15, -0.1) is 0 Å². The molecule has 0 heterocycles. The van der Waals surface area contributed by atoms with Gasteiger partial charge in [0.25, 0.3) is 5.91 Å². The Bertz CT molecular complexity index is 514. The van der Waals surface area contributed by atoms with E-state index in [1.807, 2.05) is 13.8 Å². The molecular weight excluding hydrogens is 290 g/mol. The number of ether oxygens (including phenoxy) is 1. The molecule has 0 spiro atoms. The van der Waals surface area contributed by atoms with E-state index in [1.54, 1.807) is 12.1 Å². The molecule has 0 saturated heterocycles. The van der Waals surface area contributed by atoms with Crippen molar-refractivity contribution < 1.29 is 14.6 Å². The van der Waals surface area contributed by atoms with Gasteiger partial charge in [-0.1, -0.05) is 11.6 Å². The summed E-state index contributed by atoms with van der Waals surface area (Å²) in [4.78, 5) is 12.1. The standard InChI is InChI=1S/C16H22ClNO3/c1-10-5-14(15(17)6-11(10)2)16(20)18-7-13(19)9-21-8-12-3-4-12/h5-6,12-13,19H,3-4,7-9H2,1-2H3,(H,18,20). The zero-order chi connectivity index (χ0) is 15.4. The third-order valence-electron chi connectivity index (χ3n) is 3.69. The highest BCUT2D eigenvalue weighted by Crippen LogP contribution is 2.28. The van der Waals surface area contributed by atoms with E-state index in [0.29, 0.717) is 23.1 Å². The maximum Gasteiger partial charge on any atom is 0.252 e. The highest BCUT2D eigenvalue weighted by molar-refractivity contribution is 6.34. The van der Waals surface area contributed by atoms with Crippen LogP contribution >= 0.6 is 11.6 Å². The van der Waals surface area contributed by atoms with Crippen molar-refractivity contribution in [2.24, 2.45) is 5.92 Å². The quantitative estimate of drug-likeness (QED) is 0.813. The Kier molecular flexibility index (Phi) is 5.62. The van der Waals surface area contributed by atoms with E-state index in [1.165, 1.54) is 12.8 Å². The van der Waals surface area contributed by atoms with E-state index in [2.05, 4.69) is 5.32 Å². The van der Waals surface area contributed by atoms with Crippen molar-refractivity contribution in [2.45, 2.75) is 32.8 Å². The van der Waals surface area contributed by atoms with Gasteiger partial charge in [-0.3, -0.25) is 4.79 Å². The zero-order valence-corrected chi connectivity index (χ0v) is 13.2. The van der Waals surface area contributed by atoms with Crippen molar-refractivity contribution in [1.82, 2.24) is 5.32 Å². The van der Waals surface area contributed by atoms with Gasteiger partial charge in [-0.05, 0) is 55.9 Å². The Morgan fingerprint density at radius 1 is 1.43 bits per heavy atom. The van der Waals surface area contributed by atoms with E-state index in [-0.39, 0.29) is 19.1 Å². The summed E-state index contributed by atoms with van der Waals surface area (Å²) in [6.45, 7) is 4.99. The van der Waals surface area contributed by atoms with Gasteiger partial charge >= 0.3 is 0 Å². The maximum absolute atomic E-state index is 12.1. The molecule has 1 saturated carbocycles. The molecule has 5 heteroatoms. The van der Waals surface area contributed by atoms with Crippen LogP contribution in [0, 0.1) is 19.8 Å². The minimum atomic E-state index is -0.696. The fraction of sp³-hybridized carbons (Fsp3) is 0.562. The van der Waals surface area contributed by atoms with Crippen LogP contribution in [-0.4, -0.2) is 36.9 Å². The number of amides is 1. The van der Waals surface area contributed by atoms with Crippen molar-refractivity contribution in [3.8, 4) is 0 Å². The average molecular weight is 312 g/mol. The molecule has 1 fully saturated rings. The normalized spacial score (nSPS) is 15.8. The molecule has 0 radical (unpaired) electrons. The van der Waals surface area contributed by atoms with Gasteiger partial charge in [-0.25, -0.2) is 0 Å². The third kappa shape index (κ3) is 4.99. The Hall–Kier alpha value is -1.10. The van der Waals surface area contributed by atoms with Crippen LogP contribution in [0.4, 0.5) is 0 Å². The lowest BCUT2D eigenvalue weighted by Gasteiger charge is -2.13. The second kappa shape index (κ2) is 7.25. The van der Waals surface area contributed by atoms with Crippen LogP contribution in [0.5, 0.6) is 0 Å². The van der Waals surface area contributed by atoms with E-state index >= 15 is 0 Å². The van der Waals surface area contributed by atoms with Crippen LogP contribution in [0.15, 0.2) is 12.1 Å². The van der Waals surface area contributed by atoms with Gasteiger partial charge in [0.15, 0.2) is 0 Å². The number of hydrogen-bond acceptors (Lipinski definition) is 3. The smallest absolute Gasteiger partial charge is 0.252 e. The fourth-order valence-corrected chi connectivity index (χ4v) is 2.28. The molecule has 1 amide bonds. The third-order valence-corrected chi connectivity index (χ3v) is 4.00. The number of aryl methyl sites for hydroxylation is 2. The molecule has 0 aromatic heterocycles. The van der Waals surface area contributed by atoms with Crippen LogP contribution in [0.1, 0.15) is 34.3 Å². The molecular formula is C16H22ClNO3. The van der Waals surface area contributed by atoms with Crippen LogP contribution in [-0.2, 0) is 4.74 Å². The fourth-order valence-electron chi connectivity index (χ4n) is 1.97. The SMILES string of the molecule is Cc1cc(Cl)c(C(=O)NCC(O)COCC2CC2)cc1C. The van der Waals surface area contributed by atoms with Crippen molar-refractivity contribution in [1.29, 1.82) is 0 Å². The number of carbonyl (C=O) groups is 1. The van der Waals surface area contributed by atoms with Gasteiger partial charge in [0, 0.05) is 13.2 Å². The summed E-state index contributed by atoms with van der Waals surface area (Å²) in [6.07, 6.45) is 1.74. The molecule has 4 nitrogen and oxygen atoms in total. The highest BCUT2D eigenvalue weighted by Gasteiger charge is 2.21. The molecule has 1 unspecified atom stereocenters. The van der Waals surface area contributed by atoms with E-state index in [9.17, 15) is 9.90 Å². The van der Waals surface area contributed by atoms with Crippen molar-refractivity contribution in [3.63, 3.8) is 0 Å². The van der Waals surface area contributed by atoms with Crippen LogP contribution in [0.3, 0.4) is 0 Å². The number of halogens is 1. The van der Waals surface area contributed by atoms with Gasteiger partial charge in [0.1, 0.15) is 0 Å². The van der Waals surface area contributed by atoms with Crippen LogP contribution in [0.25, 0.3) is 0 Å². The second-order valence-corrected chi connectivity index (χ2v) is 6.17. The second-order valence-electron chi connectivity index (χ2n) is 5.76. The van der Waals surface area contributed by atoms with Gasteiger partial charge < -0.3 is 15.2 Å². The highest BCUT2D eigenvalue weighted by atomic mass is 35.5. The van der Waals surface area contributed by atoms with Crippen molar-refractivity contribution in [2.75, 3.05) is 19.8 Å². The molecule has 21 heavy (non-hydrogen) atoms. The summed E-state index contributed by atoms with van der Waals surface area (Å²) >= 11 is 6.09. The summed E-state index contributed by atoms with van der Waals surface area (Å²) in [6, 6.07) is 3.55. The van der Waals surface area contributed by atoms with Gasteiger partial charge in [-0.2, -0.15) is 0 Å². The summed E-state index contributed by atoms with van der Waals surface area (Å²) in [7, 11) is 0. The van der Waals surface area contributed by atoms with E-state index in [4.69, 9.17) is 16.3 Å². The number of rotatable bonds is 7. The predicted octanol–water partition coefficient (Wildman–Crippen LogP) is 2.47. The van der Waals surface area contributed by atoms with Crippen molar-refractivity contribution >= 4 is 17.5 Å².